The lowest BCUT2D eigenvalue weighted by Gasteiger charge is -2.35. The van der Waals surface area contributed by atoms with E-state index in [1.54, 1.807) is 13.3 Å². The molecule has 1 aliphatic rings. The van der Waals surface area contributed by atoms with Crippen LogP contribution in [0.1, 0.15) is 17.4 Å². The van der Waals surface area contributed by atoms with Crippen LogP contribution in [-0.4, -0.2) is 46.8 Å². The fourth-order valence-corrected chi connectivity index (χ4v) is 3.19. The molecular weight excluding hydrogens is 366 g/mol. The van der Waals surface area contributed by atoms with Crippen molar-refractivity contribution in [1.29, 1.82) is 0 Å². The molecule has 1 aromatic carbocycles. The van der Waals surface area contributed by atoms with Crippen molar-refractivity contribution < 1.29 is 9.26 Å². The summed E-state index contributed by atoms with van der Waals surface area (Å²) in [4.78, 5) is 11.2. The molecule has 0 bridgehead atoms. The molecule has 3 heterocycles. The van der Waals surface area contributed by atoms with Gasteiger partial charge in [0.05, 0.1) is 13.7 Å². The van der Waals surface area contributed by atoms with E-state index < -0.39 is 0 Å². The predicted octanol–water partition coefficient (Wildman–Crippen LogP) is 2.71. The Morgan fingerprint density at radius 1 is 1.26 bits per heavy atom. The summed E-state index contributed by atoms with van der Waals surface area (Å²) in [6, 6.07) is 11.9. The lowest BCUT2D eigenvalue weighted by atomic mass is 10.1. The molecule has 1 aliphatic heterocycles. The number of rotatable bonds is 5. The van der Waals surface area contributed by atoms with E-state index in [-0.39, 0.29) is 18.4 Å². The molecule has 0 saturated carbocycles. The van der Waals surface area contributed by atoms with E-state index in [2.05, 4.69) is 31.4 Å². The van der Waals surface area contributed by atoms with E-state index in [0.29, 0.717) is 18.3 Å². The molecular formula is C19H22ClN5O2. The van der Waals surface area contributed by atoms with E-state index in [1.807, 2.05) is 36.5 Å². The maximum absolute atomic E-state index is 5.45. The zero-order valence-electron chi connectivity index (χ0n) is 15.0. The summed E-state index contributed by atoms with van der Waals surface area (Å²) < 4.78 is 10.6. The summed E-state index contributed by atoms with van der Waals surface area (Å²) in [5.74, 6) is 2.01. The average molecular weight is 388 g/mol. The summed E-state index contributed by atoms with van der Waals surface area (Å²) in [6.07, 6.45) is 3.72. The number of pyridine rings is 1. The second-order valence-corrected chi connectivity index (χ2v) is 6.22. The van der Waals surface area contributed by atoms with Gasteiger partial charge in [0.1, 0.15) is 5.75 Å². The number of ether oxygens (including phenoxy) is 1. The number of aromatic nitrogens is 3. The summed E-state index contributed by atoms with van der Waals surface area (Å²) in [6.45, 7) is 3.39. The molecule has 7 nitrogen and oxygen atoms in total. The van der Waals surface area contributed by atoms with Gasteiger partial charge in [-0.15, -0.1) is 12.4 Å². The highest BCUT2D eigenvalue weighted by molar-refractivity contribution is 5.85. The first kappa shape index (κ1) is 19.3. The minimum atomic E-state index is 0. The Morgan fingerprint density at radius 3 is 2.85 bits per heavy atom. The van der Waals surface area contributed by atoms with Gasteiger partial charge in [-0.3, -0.25) is 9.88 Å². The van der Waals surface area contributed by atoms with Crippen molar-refractivity contribution in [2.45, 2.75) is 12.6 Å². The van der Waals surface area contributed by atoms with Crippen LogP contribution >= 0.6 is 12.4 Å². The molecule has 1 fully saturated rings. The van der Waals surface area contributed by atoms with Crippen molar-refractivity contribution in [3.8, 4) is 17.2 Å². The van der Waals surface area contributed by atoms with Crippen LogP contribution in [-0.2, 0) is 6.54 Å². The smallest absolute Gasteiger partial charge is 0.257 e. The van der Waals surface area contributed by atoms with Gasteiger partial charge >= 0.3 is 0 Å². The third-order valence-corrected chi connectivity index (χ3v) is 4.57. The predicted molar refractivity (Wildman–Crippen MR) is 104 cm³/mol. The Bertz CT molecular complexity index is 841. The highest BCUT2D eigenvalue weighted by atomic mass is 35.5. The number of benzene rings is 1. The van der Waals surface area contributed by atoms with Gasteiger partial charge in [0, 0.05) is 43.6 Å². The van der Waals surface area contributed by atoms with Crippen molar-refractivity contribution >= 4 is 12.4 Å². The van der Waals surface area contributed by atoms with Crippen LogP contribution in [0.15, 0.2) is 53.3 Å². The number of methoxy groups -OCH3 is 1. The Hall–Kier alpha value is -2.48. The standard InChI is InChI=1S/C19H21N5O2.ClH/c1-25-16-6-4-14(5-7-16)19-22-18(23-26-19)13-24-10-9-21-12-17(24)15-3-2-8-20-11-15;/h2-8,11,17,21H,9-10,12-13H2,1H3;1H. The normalized spacial score (nSPS) is 17.3. The molecule has 142 valence electrons. The van der Waals surface area contributed by atoms with Crippen molar-refractivity contribution in [2.75, 3.05) is 26.7 Å². The van der Waals surface area contributed by atoms with E-state index in [4.69, 9.17) is 9.26 Å². The molecule has 0 aliphatic carbocycles. The van der Waals surface area contributed by atoms with E-state index in [9.17, 15) is 0 Å². The first-order valence-corrected chi connectivity index (χ1v) is 8.65. The quantitative estimate of drug-likeness (QED) is 0.721. The summed E-state index contributed by atoms with van der Waals surface area (Å²) in [5, 5.41) is 7.61. The zero-order valence-corrected chi connectivity index (χ0v) is 15.9. The third-order valence-electron chi connectivity index (χ3n) is 4.57. The average Bonchev–Trinajstić information content (AvgIpc) is 3.18. The summed E-state index contributed by atoms with van der Waals surface area (Å²) in [7, 11) is 1.64. The highest BCUT2D eigenvalue weighted by Gasteiger charge is 2.25. The van der Waals surface area contributed by atoms with Crippen LogP contribution in [0.3, 0.4) is 0 Å². The monoisotopic (exact) mass is 387 g/mol. The number of nitrogens with zero attached hydrogens (tertiary/aromatic N) is 4. The van der Waals surface area contributed by atoms with Crippen LogP contribution < -0.4 is 10.1 Å². The van der Waals surface area contributed by atoms with Gasteiger partial charge in [-0.2, -0.15) is 4.98 Å². The maximum atomic E-state index is 5.45. The molecule has 1 saturated heterocycles. The minimum Gasteiger partial charge on any atom is -0.497 e. The molecule has 0 radical (unpaired) electrons. The van der Waals surface area contributed by atoms with Crippen LogP contribution in [0.25, 0.3) is 11.5 Å². The van der Waals surface area contributed by atoms with Gasteiger partial charge in [-0.1, -0.05) is 11.2 Å². The van der Waals surface area contributed by atoms with Crippen LogP contribution in [0.5, 0.6) is 5.75 Å². The molecule has 8 heteroatoms. The third kappa shape index (κ3) is 4.44. The van der Waals surface area contributed by atoms with Crippen molar-refractivity contribution in [2.24, 2.45) is 0 Å². The Labute approximate surface area is 164 Å². The Balaban J connectivity index is 0.00000210. The molecule has 2 aromatic heterocycles. The SMILES string of the molecule is COc1ccc(-c2nc(CN3CCNCC3c3cccnc3)no2)cc1.Cl. The number of hydrogen-bond acceptors (Lipinski definition) is 7. The van der Waals surface area contributed by atoms with Gasteiger partial charge in [0.2, 0.25) is 0 Å². The molecule has 4 rings (SSSR count). The first-order chi connectivity index (χ1) is 12.8. The second-order valence-electron chi connectivity index (χ2n) is 6.22. The van der Waals surface area contributed by atoms with Gasteiger partial charge in [-0.25, -0.2) is 0 Å². The minimum absolute atomic E-state index is 0. The second kappa shape index (κ2) is 8.94. The Morgan fingerprint density at radius 2 is 2.11 bits per heavy atom. The number of halogens is 1. The van der Waals surface area contributed by atoms with E-state index >= 15 is 0 Å². The van der Waals surface area contributed by atoms with E-state index in [0.717, 1.165) is 30.9 Å². The molecule has 1 N–H and O–H groups in total. The number of hydrogen-bond donors (Lipinski definition) is 1. The molecule has 0 spiro atoms. The lowest BCUT2D eigenvalue weighted by molar-refractivity contribution is 0.148. The van der Waals surface area contributed by atoms with Crippen LogP contribution in [0, 0.1) is 0 Å². The van der Waals surface area contributed by atoms with Crippen LogP contribution in [0.4, 0.5) is 0 Å². The largest absolute Gasteiger partial charge is 0.497 e. The highest BCUT2D eigenvalue weighted by Crippen LogP contribution is 2.24. The molecule has 1 atom stereocenters. The fraction of sp³-hybridized carbons (Fsp3) is 0.316. The van der Waals surface area contributed by atoms with Crippen molar-refractivity contribution in [3.05, 3.63) is 60.2 Å². The molecule has 27 heavy (non-hydrogen) atoms. The number of nitrogens with one attached hydrogen (secondary N) is 1. The number of piperazine rings is 1. The van der Waals surface area contributed by atoms with E-state index in [1.165, 1.54) is 5.56 Å². The summed E-state index contributed by atoms with van der Waals surface area (Å²) >= 11 is 0. The van der Waals surface area contributed by atoms with Gasteiger partial charge < -0.3 is 14.6 Å². The van der Waals surface area contributed by atoms with Gasteiger partial charge in [0.15, 0.2) is 5.82 Å². The maximum Gasteiger partial charge on any atom is 0.257 e. The lowest BCUT2D eigenvalue weighted by Crippen LogP contribution is -2.45. The fourth-order valence-electron chi connectivity index (χ4n) is 3.19. The molecule has 1 unspecified atom stereocenters. The van der Waals surface area contributed by atoms with Crippen molar-refractivity contribution in [3.63, 3.8) is 0 Å². The van der Waals surface area contributed by atoms with Crippen molar-refractivity contribution in [1.82, 2.24) is 25.3 Å². The molecule has 3 aromatic rings. The van der Waals surface area contributed by atoms with Crippen LogP contribution in [0.2, 0.25) is 0 Å². The Kier molecular flexibility index (Phi) is 6.39. The summed E-state index contributed by atoms with van der Waals surface area (Å²) in [5.41, 5.74) is 2.08. The topological polar surface area (TPSA) is 76.3 Å². The molecule has 0 amide bonds. The first-order valence-electron chi connectivity index (χ1n) is 8.65. The van der Waals surface area contributed by atoms with Gasteiger partial charge in [-0.05, 0) is 35.9 Å². The zero-order chi connectivity index (χ0) is 17.8. The van der Waals surface area contributed by atoms with Gasteiger partial charge in [0.25, 0.3) is 5.89 Å².